The Bertz CT molecular complexity index is 1200. The van der Waals surface area contributed by atoms with E-state index in [1.54, 1.807) is 0 Å². The van der Waals surface area contributed by atoms with Crippen molar-refractivity contribution in [2.24, 2.45) is 28.1 Å². The van der Waals surface area contributed by atoms with Crippen LogP contribution in [0.25, 0.3) is 0 Å². The third-order valence-electron chi connectivity index (χ3n) is 10.1. The van der Waals surface area contributed by atoms with Crippen molar-refractivity contribution in [3.05, 3.63) is 23.8 Å². The Morgan fingerprint density at radius 2 is 1.63 bits per heavy atom. The number of ketones is 1. The van der Waals surface area contributed by atoms with Gasteiger partial charge in [-0.1, -0.05) is 19.9 Å². The first-order chi connectivity index (χ1) is 16.2. The minimum atomic E-state index is -1.21. The van der Waals surface area contributed by atoms with E-state index in [0.717, 1.165) is 6.08 Å². The number of cyclic esters (lactones) is 4. The number of hydrogen-bond acceptors (Lipinski definition) is 9. The molecule has 8 unspecified atom stereocenters. The predicted octanol–water partition coefficient (Wildman–Crippen LogP) is 1.97. The molecule has 0 aromatic rings. The molecule has 4 heterocycles. The monoisotopic (exact) mass is 484 g/mol. The summed E-state index contributed by atoms with van der Waals surface area (Å²) in [6.07, 6.45) is 3.53. The van der Waals surface area contributed by atoms with Gasteiger partial charge in [0.25, 0.3) is 0 Å². The largest absolute Gasteiger partial charge is 0.456 e. The van der Waals surface area contributed by atoms with Crippen LogP contribution in [0.5, 0.6) is 0 Å². The highest BCUT2D eigenvalue weighted by Gasteiger charge is 2.88. The lowest BCUT2D eigenvalue weighted by Crippen LogP contribution is -2.72. The van der Waals surface area contributed by atoms with Crippen LogP contribution in [0.15, 0.2) is 23.8 Å². The predicted molar refractivity (Wildman–Crippen MR) is 116 cm³/mol. The molecule has 186 valence electrons. The molecule has 0 N–H and O–H groups in total. The third-order valence-corrected chi connectivity index (χ3v) is 10.1. The second-order valence-corrected chi connectivity index (χ2v) is 12.0. The van der Waals surface area contributed by atoms with E-state index in [0.29, 0.717) is 12.8 Å². The lowest BCUT2D eigenvalue weighted by molar-refractivity contribution is -0.210. The minimum absolute atomic E-state index is 0.0249. The van der Waals surface area contributed by atoms with Crippen molar-refractivity contribution in [3.63, 3.8) is 0 Å². The highest BCUT2D eigenvalue weighted by atomic mass is 16.7. The summed E-state index contributed by atoms with van der Waals surface area (Å²) in [5, 5.41) is 0. The van der Waals surface area contributed by atoms with Gasteiger partial charge in [-0.25, -0.2) is 19.2 Å². The van der Waals surface area contributed by atoms with Gasteiger partial charge in [-0.2, -0.15) is 0 Å². The van der Waals surface area contributed by atoms with E-state index < -0.39 is 63.5 Å². The Morgan fingerprint density at radius 3 is 2.29 bits per heavy atom. The van der Waals surface area contributed by atoms with Gasteiger partial charge in [0.05, 0.1) is 11.0 Å². The molecule has 2 saturated heterocycles. The second kappa shape index (κ2) is 6.30. The van der Waals surface area contributed by atoms with Gasteiger partial charge in [0, 0.05) is 29.9 Å². The third kappa shape index (κ3) is 2.40. The zero-order valence-corrected chi connectivity index (χ0v) is 20.3. The number of rotatable bonds is 1. The molecule has 2 saturated carbocycles. The number of Topliss-reactive ketones (excluding diaryl/α,β-unsaturated/α-hetero) is 1. The van der Waals surface area contributed by atoms with E-state index in [9.17, 15) is 24.0 Å². The first-order valence-corrected chi connectivity index (χ1v) is 12.0. The van der Waals surface area contributed by atoms with Crippen LogP contribution < -0.4 is 0 Å². The van der Waals surface area contributed by atoms with E-state index in [2.05, 4.69) is 6.92 Å². The lowest BCUT2D eigenvalue weighted by atomic mass is 9.37. The van der Waals surface area contributed by atoms with E-state index in [4.69, 9.17) is 18.9 Å². The minimum Gasteiger partial charge on any atom is -0.456 e. The van der Waals surface area contributed by atoms with Gasteiger partial charge in [-0.05, 0) is 44.9 Å². The summed E-state index contributed by atoms with van der Waals surface area (Å²) in [5.41, 5.74) is -4.75. The first kappa shape index (κ1) is 22.6. The van der Waals surface area contributed by atoms with Crippen molar-refractivity contribution in [2.45, 2.75) is 77.3 Å². The molecule has 4 fully saturated rings. The lowest BCUT2D eigenvalue weighted by Gasteiger charge is -2.64. The van der Waals surface area contributed by atoms with Gasteiger partial charge in [0.2, 0.25) is 0 Å². The second-order valence-electron chi connectivity index (χ2n) is 12.0. The summed E-state index contributed by atoms with van der Waals surface area (Å²) in [6.45, 7) is 9.44. The quantitative estimate of drug-likeness (QED) is 0.238. The maximum absolute atomic E-state index is 14.2. The van der Waals surface area contributed by atoms with Gasteiger partial charge in [0.1, 0.15) is 23.1 Å². The van der Waals surface area contributed by atoms with Crippen molar-refractivity contribution >= 4 is 29.7 Å². The number of allylic oxidation sites excluding steroid dienone is 1. The van der Waals surface area contributed by atoms with E-state index in [1.807, 2.05) is 33.8 Å². The number of epoxide rings is 1. The maximum Gasteiger partial charge on any atom is 0.345 e. The Kier molecular flexibility index (Phi) is 4.07. The maximum atomic E-state index is 14.2. The Labute approximate surface area is 202 Å². The van der Waals surface area contributed by atoms with Gasteiger partial charge in [-0.3, -0.25) is 4.79 Å². The van der Waals surface area contributed by atoms with Crippen LogP contribution in [0.4, 0.5) is 0 Å². The van der Waals surface area contributed by atoms with Crippen molar-refractivity contribution in [1.29, 1.82) is 0 Å². The van der Waals surface area contributed by atoms with Crippen LogP contribution >= 0.6 is 0 Å². The van der Waals surface area contributed by atoms with E-state index >= 15 is 0 Å². The molecule has 9 heteroatoms. The standard InChI is InChI=1S/C26H28O9/c1-22(2)14-11-15(27)25(5)13(23(14,3)8-7-16(28)34-22)6-9-24(4)18(12-10-17(29)32-20(12)30)33-21(31)19-26(24,25)35-19/h7-8,10,13-14,18-19H,6,9,11H2,1-5H3. The Balaban J connectivity index is 1.52. The Hall–Kier alpha value is -2.81. The van der Waals surface area contributed by atoms with Crippen LogP contribution in [0.3, 0.4) is 0 Å². The number of carbonyl (C=O) groups is 5. The van der Waals surface area contributed by atoms with Crippen LogP contribution in [0.1, 0.15) is 53.9 Å². The first-order valence-electron chi connectivity index (χ1n) is 12.0. The molecule has 9 nitrogen and oxygen atoms in total. The zero-order chi connectivity index (χ0) is 25.3. The molecule has 2 aliphatic carbocycles. The molecule has 0 aromatic carbocycles. The van der Waals surface area contributed by atoms with E-state index in [-0.39, 0.29) is 29.6 Å². The SMILES string of the molecule is CC1(C)OC(=O)C=CC2(C)C1CC(=O)C1(C)C2CCC2(C)C(C3=CC(=O)OC3=O)OC(=O)C3OC321. The molecular weight excluding hydrogens is 456 g/mol. The highest BCUT2D eigenvalue weighted by Crippen LogP contribution is 2.77. The molecule has 0 amide bonds. The molecule has 8 atom stereocenters. The number of esters is 4. The molecule has 0 aromatic heterocycles. The van der Waals surface area contributed by atoms with Crippen LogP contribution in [-0.4, -0.2) is 53.1 Å². The molecule has 6 aliphatic rings. The fraction of sp³-hybridized carbons (Fsp3) is 0.654. The number of carbonyl (C=O) groups excluding carboxylic acids is 5. The van der Waals surface area contributed by atoms with Gasteiger partial charge in [-0.15, -0.1) is 0 Å². The molecule has 0 radical (unpaired) electrons. The average Bonchev–Trinajstić information content (AvgIpc) is 3.47. The molecule has 1 spiro atoms. The van der Waals surface area contributed by atoms with Crippen LogP contribution in [0, 0.1) is 28.1 Å². The molecule has 6 rings (SSSR count). The van der Waals surface area contributed by atoms with Crippen LogP contribution in [0.2, 0.25) is 0 Å². The fourth-order valence-electron chi connectivity index (χ4n) is 8.59. The van der Waals surface area contributed by atoms with Crippen LogP contribution in [-0.2, 0) is 42.9 Å². The smallest absolute Gasteiger partial charge is 0.345 e. The Morgan fingerprint density at radius 1 is 0.914 bits per heavy atom. The average molecular weight is 485 g/mol. The van der Waals surface area contributed by atoms with E-state index in [1.165, 1.54) is 6.08 Å². The molecule has 0 bridgehead atoms. The zero-order valence-electron chi connectivity index (χ0n) is 20.3. The van der Waals surface area contributed by atoms with Crippen molar-refractivity contribution in [1.82, 2.24) is 0 Å². The summed E-state index contributed by atoms with van der Waals surface area (Å²) in [6, 6.07) is 0. The number of hydrogen-bond donors (Lipinski definition) is 0. The van der Waals surface area contributed by atoms with Crippen molar-refractivity contribution in [3.8, 4) is 0 Å². The summed E-state index contributed by atoms with van der Waals surface area (Å²) >= 11 is 0. The summed E-state index contributed by atoms with van der Waals surface area (Å²) in [5.74, 6) is -3.35. The van der Waals surface area contributed by atoms with Crippen molar-refractivity contribution < 1.29 is 42.9 Å². The topological polar surface area (TPSA) is 126 Å². The summed E-state index contributed by atoms with van der Waals surface area (Å²) in [7, 11) is 0. The fourth-order valence-corrected chi connectivity index (χ4v) is 8.59. The van der Waals surface area contributed by atoms with Gasteiger partial charge in [0.15, 0.2) is 6.10 Å². The molecule has 35 heavy (non-hydrogen) atoms. The number of fused-ring (bicyclic) bond motifs is 3. The highest BCUT2D eigenvalue weighted by molar-refractivity contribution is 6.10. The summed E-state index contributed by atoms with van der Waals surface area (Å²) < 4.78 is 22.3. The molecule has 4 aliphatic heterocycles. The van der Waals surface area contributed by atoms with Gasteiger partial charge < -0.3 is 18.9 Å². The number of ether oxygens (including phenoxy) is 4. The summed E-state index contributed by atoms with van der Waals surface area (Å²) in [4.78, 5) is 63.9. The molecular formula is C26H28O9. The normalized spacial score (nSPS) is 49.4. The van der Waals surface area contributed by atoms with Crippen molar-refractivity contribution in [2.75, 3.05) is 0 Å². The van der Waals surface area contributed by atoms with Gasteiger partial charge >= 0.3 is 23.9 Å².